The van der Waals surface area contributed by atoms with Gasteiger partial charge >= 0.3 is 0 Å². The molecule has 1 aromatic rings. The van der Waals surface area contributed by atoms with Crippen molar-refractivity contribution in [1.29, 1.82) is 0 Å². The molecule has 1 unspecified atom stereocenters. The zero-order valence-corrected chi connectivity index (χ0v) is 12.3. The molecule has 0 saturated carbocycles. The third kappa shape index (κ3) is 5.84. The molecule has 1 aromatic carbocycles. The zero-order chi connectivity index (χ0) is 14.3. The summed E-state index contributed by atoms with van der Waals surface area (Å²) in [6, 6.07) is 3.71. The second-order valence-electron chi connectivity index (χ2n) is 4.53. The largest absolute Gasteiger partial charge is 0.352 e. The maximum absolute atomic E-state index is 13.4. The molecule has 0 spiro atoms. The van der Waals surface area contributed by atoms with E-state index in [0.717, 1.165) is 25.3 Å². The number of carbonyl (C=O) groups excluding carboxylic acids is 1. The highest BCUT2D eigenvalue weighted by atomic mass is 35.5. The Morgan fingerprint density at radius 3 is 2.70 bits per heavy atom. The molecule has 20 heavy (non-hydrogen) atoms. The van der Waals surface area contributed by atoms with E-state index in [9.17, 15) is 13.6 Å². The molecule has 0 radical (unpaired) electrons. The van der Waals surface area contributed by atoms with Crippen molar-refractivity contribution < 1.29 is 13.6 Å². The molecule has 0 fully saturated rings. The highest BCUT2D eigenvalue weighted by molar-refractivity contribution is 5.85. The van der Waals surface area contributed by atoms with Crippen LogP contribution in [0.15, 0.2) is 18.2 Å². The molecular formula is C14H21ClF2N2O. The standard InChI is InChI=1S/C14H20F2N2O.ClH/c1-2-3-6-11(9-17)18-13(19)8-10-5-4-7-12(15)14(10)16;/h4-5,7,11H,2-3,6,8-9,17H2,1H3,(H,18,19);1H. The lowest BCUT2D eigenvalue weighted by molar-refractivity contribution is -0.121. The first-order valence-electron chi connectivity index (χ1n) is 6.50. The van der Waals surface area contributed by atoms with Gasteiger partial charge in [-0.15, -0.1) is 12.4 Å². The van der Waals surface area contributed by atoms with Gasteiger partial charge in [-0.2, -0.15) is 0 Å². The summed E-state index contributed by atoms with van der Waals surface area (Å²) in [4.78, 5) is 11.8. The van der Waals surface area contributed by atoms with E-state index in [1.165, 1.54) is 12.1 Å². The molecule has 0 aliphatic carbocycles. The minimum atomic E-state index is -0.962. The molecule has 0 heterocycles. The number of hydrogen-bond donors (Lipinski definition) is 2. The van der Waals surface area contributed by atoms with Crippen molar-refractivity contribution in [3.8, 4) is 0 Å². The molecule has 0 aliphatic heterocycles. The molecule has 0 aliphatic rings. The molecule has 3 N–H and O–H groups in total. The number of carbonyl (C=O) groups is 1. The lowest BCUT2D eigenvalue weighted by Gasteiger charge is -2.16. The highest BCUT2D eigenvalue weighted by Gasteiger charge is 2.14. The molecule has 0 saturated heterocycles. The van der Waals surface area contributed by atoms with Crippen LogP contribution in [-0.2, 0) is 11.2 Å². The fourth-order valence-corrected chi connectivity index (χ4v) is 1.84. The SMILES string of the molecule is CCCCC(CN)NC(=O)Cc1cccc(F)c1F.Cl. The number of benzene rings is 1. The first-order valence-corrected chi connectivity index (χ1v) is 6.50. The van der Waals surface area contributed by atoms with Gasteiger partial charge in [-0.05, 0) is 12.5 Å². The van der Waals surface area contributed by atoms with E-state index in [1.54, 1.807) is 0 Å². The van der Waals surface area contributed by atoms with Crippen LogP contribution >= 0.6 is 12.4 Å². The van der Waals surface area contributed by atoms with Crippen LogP contribution in [0.5, 0.6) is 0 Å². The van der Waals surface area contributed by atoms with Crippen LogP contribution in [0.1, 0.15) is 31.7 Å². The number of hydrogen-bond acceptors (Lipinski definition) is 2. The van der Waals surface area contributed by atoms with Crippen molar-refractivity contribution in [2.24, 2.45) is 5.73 Å². The zero-order valence-electron chi connectivity index (χ0n) is 11.5. The van der Waals surface area contributed by atoms with Gasteiger partial charge in [-0.3, -0.25) is 4.79 Å². The second kappa shape index (κ2) is 9.66. The van der Waals surface area contributed by atoms with E-state index in [2.05, 4.69) is 12.2 Å². The third-order valence-electron chi connectivity index (χ3n) is 2.94. The summed E-state index contributed by atoms with van der Waals surface area (Å²) in [6.45, 7) is 2.40. The summed E-state index contributed by atoms with van der Waals surface area (Å²) in [7, 11) is 0. The molecule has 0 aromatic heterocycles. The van der Waals surface area contributed by atoms with Gasteiger partial charge in [0, 0.05) is 18.2 Å². The fourth-order valence-electron chi connectivity index (χ4n) is 1.84. The van der Waals surface area contributed by atoms with Gasteiger partial charge in [0.1, 0.15) is 0 Å². The first-order chi connectivity index (χ1) is 9.08. The lowest BCUT2D eigenvalue weighted by atomic mass is 10.1. The Morgan fingerprint density at radius 2 is 2.10 bits per heavy atom. The Hall–Kier alpha value is -1.20. The summed E-state index contributed by atoms with van der Waals surface area (Å²) >= 11 is 0. The van der Waals surface area contributed by atoms with Gasteiger partial charge in [0.05, 0.1) is 6.42 Å². The van der Waals surface area contributed by atoms with Crippen molar-refractivity contribution in [1.82, 2.24) is 5.32 Å². The van der Waals surface area contributed by atoms with E-state index in [0.29, 0.717) is 6.54 Å². The summed E-state index contributed by atoms with van der Waals surface area (Å²) in [5, 5.41) is 2.74. The molecule has 0 bridgehead atoms. The van der Waals surface area contributed by atoms with E-state index in [4.69, 9.17) is 5.73 Å². The van der Waals surface area contributed by atoms with E-state index < -0.39 is 11.6 Å². The molecule has 6 heteroatoms. The van der Waals surface area contributed by atoms with Crippen LogP contribution in [0.25, 0.3) is 0 Å². The van der Waals surface area contributed by atoms with Gasteiger partial charge in [0.25, 0.3) is 0 Å². The van der Waals surface area contributed by atoms with Gasteiger partial charge in [-0.25, -0.2) is 8.78 Å². The number of nitrogens with one attached hydrogen (secondary N) is 1. The average molecular weight is 307 g/mol. The Bertz CT molecular complexity index is 430. The van der Waals surface area contributed by atoms with E-state index in [1.807, 2.05) is 0 Å². The maximum atomic E-state index is 13.4. The fraction of sp³-hybridized carbons (Fsp3) is 0.500. The minimum absolute atomic E-state index is 0. The van der Waals surface area contributed by atoms with Crippen molar-refractivity contribution >= 4 is 18.3 Å². The summed E-state index contributed by atoms with van der Waals surface area (Å²) in [5.74, 6) is -2.24. The average Bonchev–Trinajstić information content (AvgIpc) is 2.40. The lowest BCUT2D eigenvalue weighted by Crippen LogP contribution is -2.41. The third-order valence-corrected chi connectivity index (χ3v) is 2.94. The monoisotopic (exact) mass is 306 g/mol. The number of rotatable bonds is 7. The van der Waals surface area contributed by atoms with Crippen molar-refractivity contribution in [3.05, 3.63) is 35.4 Å². The maximum Gasteiger partial charge on any atom is 0.224 e. The predicted molar refractivity (Wildman–Crippen MR) is 77.8 cm³/mol. The summed E-state index contributed by atoms with van der Waals surface area (Å²) in [6.07, 6.45) is 2.61. The number of amides is 1. The van der Waals surface area contributed by atoms with Crippen LogP contribution < -0.4 is 11.1 Å². The normalized spacial score (nSPS) is 11.6. The minimum Gasteiger partial charge on any atom is -0.352 e. The number of halogens is 3. The highest BCUT2D eigenvalue weighted by Crippen LogP contribution is 2.12. The van der Waals surface area contributed by atoms with Gasteiger partial charge in [0.15, 0.2) is 11.6 Å². The van der Waals surface area contributed by atoms with Crippen LogP contribution in [0.3, 0.4) is 0 Å². The van der Waals surface area contributed by atoms with Gasteiger partial charge in [-0.1, -0.05) is 31.9 Å². The van der Waals surface area contributed by atoms with Crippen molar-refractivity contribution in [2.75, 3.05) is 6.54 Å². The van der Waals surface area contributed by atoms with Gasteiger partial charge < -0.3 is 11.1 Å². The number of unbranched alkanes of at least 4 members (excludes halogenated alkanes) is 1. The molecule has 3 nitrogen and oxygen atoms in total. The van der Waals surface area contributed by atoms with Gasteiger partial charge in [0.2, 0.25) is 5.91 Å². The first kappa shape index (κ1) is 18.8. The molecular weight excluding hydrogens is 286 g/mol. The molecule has 1 rings (SSSR count). The van der Waals surface area contributed by atoms with Crippen LogP contribution in [0.4, 0.5) is 8.78 Å². The van der Waals surface area contributed by atoms with E-state index in [-0.39, 0.29) is 36.3 Å². The summed E-state index contributed by atoms with van der Waals surface area (Å²) < 4.78 is 26.4. The molecule has 1 amide bonds. The molecule has 1 atom stereocenters. The number of nitrogens with two attached hydrogens (primary N) is 1. The Kier molecular flexibility index (Phi) is 9.08. The Labute approximate surface area is 124 Å². The van der Waals surface area contributed by atoms with Crippen molar-refractivity contribution in [2.45, 2.75) is 38.6 Å². The van der Waals surface area contributed by atoms with Crippen LogP contribution in [-0.4, -0.2) is 18.5 Å². The van der Waals surface area contributed by atoms with E-state index >= 15 is 0 Å². The van der Waals surface area contributed by atoms with Crippen molar-refractivity contribution in [3.63, 3.8) is 0 Å². The quantitative estimate of drug-likeness (QED) is 0.813. The topological polar surface area (TPSA) is 55.1 Å². The van der Waals surface area contributed by atoms with Crippen LogP contribution in [0, 0.1) is 11.6 Å². The smallest absolute Gasteiger partial charge is 0.224 e. The Morgan fingerprint density at radius 1 is 1.40 bits per heavy atom. The molecule has 114 valence electrons. The summed E-state index contributed by atoms with van der Waals surface area (Å²) in [5.41, 5.74) is 5.62. The second-order valence-corrected chi connectivity index (χ2v) is 4.53. The predicted octanol–water partition coefficient (Wildman–Crippen LogP) is 2.56. The van der Waals surface area contributed by atoms with Crippen LogP contribution in [0.2, 0.25) is 0 Å². The Balaban J connectivity index is 0.00000361.